The molecule has 1 rings (SSSR count). The molecule has 5 nitrogen and oxygen atoms in total. The number of hydrogen-bond donors (Lipinski definition) is 2. The molecule has 0 heterocycles. The Balaban J connectivity index is 2.56. The third-order valence-electron chi connectivity index (χ3n) is 3.26. The predicted octanol–water partition coefficient (Wildman–Crippen LogP) is 0.286. The number of carbonyl (C=O) groups excluding carboxylic acids is 2. The van der Waals surface area contributed by atoms with E-state index in [9.17, 15) is 18.4 Å². The molecule has 1 aromatic rings. The lowest BCUT2D eigenvalue weighted by Crippen LogP contribution is -3.11. The second kappa shape index (κ2) is 8.43. The second-order valence-electron chi connectivity index (χ2n) is 5.02. The molecule has 22 heavy (non-hydrogen) atoms. The summed E-state index contributed by atoms with van der Waals surface area (Å²) < 4.78 is 26.9. The molecule has 0 aliphatic rings. The van der Waals surface area contributed by atoms with Gasteiger partial charge in [0.05, 0.1) is 7.05 Å². The van der Waals surface area contributed by atoms with Crippen LogP contribution in [0.4, 0.5) is 14.5 Å². The van der Waals surface area contributed by atoms with E-state index in [2.05, 4.69) is 5.32 Å². The highest BCUT2D eigenvalue weighted by Crippen LogP contribution is 2.17. The Morgan fingerprint density at radius 1 is 1.14 bits per heavy atom. The van der Waals surface area contributed by atoms with E-state index in [1.807, 2.05) is 13.8 Å². The molecule has 122 valence electrons. The number of benzene rings is 1. The van der Waals surface area contributed by atoms with Crippen molar-refractivity contribution in [3.63, 3.8) is 0 Å². The normalized spacial score (nSPS) is 11.9. The molecule has 0 saturated heterocycles. The summed E-state index contributed by atoms with van der Waals surface area (Å²) in [5, 5.41) is 2.21. The molecule has 0 bridgehead atoms. The Kier molecular flexibility index (Phi) is 6.91. The van der Waals surface area contributed by atoms with Crippen molar-refractivity contribution in [2.45, 2.75) is 13.8 Å². The van der Waals surface area contributed by atoms with Crippen LogP contribution in [0, 0.1) is 11.6 Å². The maximum absolute atomic E-state index is 13.4. The number of anilines is 1. The summed E-state index contributed by atoms with van der Waals surface area (Å²) in [6, 6.07) is 3.36. The Morgan fingerprint density at radius 2 is 1.68 bits per heavy atom. The van der Waals surface area contributed by atoms with Gasteiger partial charge in [-0.25, -0.2) is 8.78 Å². The fourth-order valence-electron chi connectivity index (χ4n) is 2.08. The summed E-state index contributed by atoms with van der Waals surface area (Å²) in [6.07, 6.45) is 0. The van der Waals surface area contributed by atoms with Crippen molar-refractivity contribution in [1.29, 1.82) is 0 Å². The van der Waals surface area contributed by atoms with Crippen LogP contribution in [0.3, 0.4) is 0 Å². The van der Waals surface area contributed by atoms with Crippen LogP contribution in [0.1, 0.15) is 13.8 Å². The van der Waals surface area contributed by atoms with Gasteiger partial charge in [-0.1, -0.05) is 6.07 Å². The van der Waals surface area contributed by atoms with Gasteiger partial charge in [-0.3, -0.25) is 9.59 Å². The van der Waals surface area contributed by atoms with E-state index in [0.717, 1.165) is 12.1 Å². The molecule has 1 atom stereocenters. The van der Waals surface area contributed by atoms with Crippen molar-refractivity contribution in [1.82, 2.24) is 4.90 Å². The number of nitrogens with one attached hydrogen (secondary N) is 2. The molecule has 0 aliphatic heterocycles. The third-order valence-corrected chi connectivity index (χ3v) is 3.26. The van der Waals surface area contributed by atoms with Crippen LogP contribution in [0.15, 0.2) is 18.2 Å². The first-order valence-corrected chi connectivity index (χ1v) is 7.21. The summed E-state index contributed by atoms with van der Waals surface area (Å²) in [5.41, 5.74) is -0.463. The highest BCUT2D eigenvalue weighted by atomic mass is 19.1. The lowest BCUT2D eigenvalue weighted by atomic mass is 10.3. The standard InChI is InChI=1S/C15H21F2N3O2/c1-4-20(5-2)14(22)10-19(3)9-13(21)18-15-11(16)7-6-8-12(15)17/h6-8H,4-5,9-10H2,1-3H3,(H,18,21)/p+1. The number of para-hydroxylation sites is 1. The van der Waals surface area contributed by atoms with E-state index in [0.29, 0.717) is 18.0 Å². The lowest BCUT2D eigenvalue weighted by Gasteiger charge is -2.21. The zero-order valence-electron chi connectivity index (χ0n) is 13.1. The third kappa shape index (κ3) is 5.07. The fraction of sp³-hybridized carbons (Fsp3) is 0.467. The van der Waals surface area contributed by atoms with Gasteiger partial charge in [-0.05, 0) is 26.0 Å². The highest BCUT2D eigenvalue weighted by molar-refractivity contribution is 5.91. The Bertz CT molecular complexity index is 513. The molecule has 1 aromatic carbocycles. The molecule has 0 aliphatic carbocycles. The van der Waals surface area contributed by atoms with Crippen LogP contribution in [0.2, 0.25) is 0 Å². The topological polar surface area (TPSA) is 53.9 Å². The Morgan fingerprint density at radius 3 is 2.18 bits per heavy atom. The number of hydrogen-bond acceptors (Lipinski definition) is 2. The summed E-state index contributed by atoms with van der Waals surface area (Å²) in [5.74, 6) is -2.27. The first kappa shape index (κ1) is 18.0. The van der Waals surface area contributed by atoms with Crippen LogP contribution in [0.5, 0.6) is 0 Å². The van der Waals surface area contributed by atoms with Gasteiger partial charge in [0.2, 0.25) is 0 Å². The van der Waals surface area contributed by atoms with E-state index in [1.165, 1.54) is 6.07 Å². The van der Waals surface area contributed by atoms with Crippen LogP contribution < -0.4 is 10.2 Å². The molecule has 7 heteroatoms. The number of rotatable bonds is 7. The largest absolute Gasteiger partial charge is 0.338 e. The summed E-state index contributed by atoms with van der Waals surface area (Å²) >= 11 is 0. The van der Waals surface area contributed by atoms with Crippen molar-refractivity contribution in [3.8, 4) is 0 Å². The summed E-state index contributed by atoms with van der Waals surface area (Å²) in [7, 11) is 1.68. The summed E-state index contributed by atoms with van der Waals surface area (Å²) in [6.45, 7) is 5.06. The van der Waals surface area contributed by atoms with Gasteiger partial charge in [0, 0.05) is 13.1 Å². The molecule has 0 radical (unpaired) electrons. The SMILES string of the molecule is CCN(CC)C(=O)C[NH+](C)CC(=O)Nc1c(F)cccc1F. The van der Waals surface area contributed by atoms with Gasteiger partial charge in [-0.15, -0.1) is 0 Å². The van der Waals surface area contributed by atoms with Crippen molar-refractivity contribution >= 4 is 17.5 Å². The zero-order chi connectivity index (χ0) is 16.7. The predicted molar refractivity (Wildman–Crippen MR) is 79.5 cm³/mol. The van der Waals surface area contributed by atoms with Gasteiger partial charge in [0.25, 0.3) is 11.8 Å². The van der Waals surface area contributed by atoms with Crippen LogP contribution in [-0.2, 0) is 9.59 Å². The quantitative estimate of drug-likeness (QED) is 0.760. The monoisotopic (exact) mass is 314 g/mol. The molecule has 2 N–H and O–H groups in total. The first-order valence-electron chi connectivity index (χ1n) is 7.21. The molecule has 0 spiro atoms. The lowest BCUT2D eigenvalue weighted by molar-refractivity contribution is -0.862. The molecule has 0 fully saturated rings. The second-order valence-corrected chi connectivity index (χ2v) is 5.02. The number of amides is 2. The van der Waals surface area contributed by atoms with Crippen molar-refractivity contribution < 1.29 is 23.3 Å². The smallest absolute Gasteiger partial charge is 0.279 e. The molecule has 1 unspecified atom stereocenters. The van der Waals surface area contributed by atoms with Crippen LogP contribution >= 0.6 is 0 Å². The number of carbonyl (C=O) groups is 2. The minimum absolute atomic E-state index is 0.0548. The van der Waals surface area contributed by atoms with Crippen LogP contribution in [0.25, 0.3) is 0 Å². The van der Waals surface area contributed by atoms with E-state index >= 15 is 0 Å². The Hall–Kier alpha value is -2.02. The van der Waals surface area contributed by atoms with E-state index in [-0.39, 0.29) is 19.0 Å². The first-order chi connectivity index (χ1) is 10.4. The maximum atomic E-state index is 13.4. The zero-order valence-corrected chi connectivity index (χ0v) is 13.1. The fourth-order valence-corrected chi connectivity index (χ4v) is 2.08. The number of nitrogens with zero attached hydrogens (tertiary/aromatic N) is 1. The average Bonchev–Trinajstić information content (AvgIpc) is 2.44. The minimum atomic E-state index is -0.828. The van der Waals surface area contributed by atoms with E-state index in [4.69, 9.17) is 0 Å². The number of likely N-dealkylation sites (N-methyl/N-ethyl adjacent to an activating group) is 2. The number of quaternary nitrogens is 1. The molecule has 0 aromatic heterocycles. The van der Waals surface area contributed by atoms with Crippen molar-refractivity contribution in [2.75, 3.05) is 38.5 Å². The van der Waals surface area contributed by atoms with Crippen molar-refractivity contribution in [3.05, 3.63) is 29.8 Å². The van der Waals surface area contributed by atoms with Gasteiger partial charge < -0.3 is 15.1 Å². The van der Waals surface area contributed by atoms with Crippen LogP contribution in [-0.4, -0.2) is 49.9 Å². The molecular weight excluding hydrogens is 292 g/mol. The van der Waals surface area contributed by atoms with E-state index < -0.39 is 23.2 Å². The summed E-state index contributed by atoms with van der Waals surface area (Å²) in [4.78, 5) is 26.1. The Labute approximate surface area is 128 Å². The molecule has 0 saturated carbocycles. The van der Waals surface area contributed by atoms with Gasteiger partial charge >= 0.3 is 0 Å². The number of halogens is 2. The van der Waals surface area contributed by atoms with Gasteiger partial charge in [-0.2, -0.15) is 0 Å². The minimum Gasteiger partial charge on any atom is -0.338 e. The molecular formula is C15H22F2N3O2+. The van der Waals surface area contributed by atoms with Gasteiger partial charge in [0.15, 0.2) is 13.1 Å². The molecule has 2 amide bonds. The maximum Gasteiger partial charge on any atom is 0.279 e. The van der Waals surface area contributed by atoms with E-state index in [1.54, 1.807) is 11.9 Å². The average molecular weight is 314 g/mol. The van der Waals surface area contributed by atoms with Crippen molar-refractivity contribution in [2.24, 2.45) is 0 Å². The van der Waals surface area contributed by atoms with Gasteiger partial charge in [0.1, 0.15) is 17.3 Å². The highest BCUT2D eigenvalue weighted by Gasteiger charge is 2.19.